The Kier molecular flexibility index (Phi) is 1.76. The zero-order chi connectivity index (χ0) is 8.27. The van der Waals surface area contributed by atoms with E-state index in [0.29, 0.717) is 0 Å². The third kappa shape index (κ3) is 0.998. The topological polar surface area (TPSA) is 93.0 Å². The van der Waals surface area contributed by atoms with Crippen molar-refractivity contribution in [1.29, 1.82) is 15.8 Å². The van der Waals surface area contributed by atoms with Crippen molar-refractivity contribution in [2.24, 2.45) is 5.16 Å². The van der Waals surface area contributed by atoms with Crippen LogP contribution in [-0.4, -0.2) is 12.6 Å². The van der Waals surface area contributed by atoms with E-state index < -0.39 is 12.7 Å². The van der Waals surface area contributed by atoms with Crippen LogP contribution in [0.2, 0.25) is 5.82 Å². The lowest BCUT2D eigenvalue weighted by Crippen LogP contribution is -2.18. The van der Waals surface area contributed by atoms with Gasteiger partial charge in [0.05, 0.1) is 12.0 Å². The third-order valence-electron chi connectivity index (χ3n) is 1.24. The van der Waals surface area contributed by atoms with Crippen molar-refractivity contribution in [3.63, 3.8) is 0 Å². The molecular formula is C5HBN4O. The summed E-state index contributed by atoms with van der Waals surface area (Å²) in [5.74, 6) is 0.890. The van der Waals surface area contributed by atoms with E-state index in [1.54, 1.807) is 18.1 Å². The standard InChI is InChI=1S/C5HBN4O/c7-1-4-5(2-8)10-11-6(4)3-9/h4H. The summed E-state index contributed by atoms with van der Waals surface area (Å²) in [5.41, 5.74) is -0.0287. The molecule has 0 aliphatic carbocycles. The minimum absolute atomic E-state index is 0.0287. The Labute approximate surface area is 63.2 Å². The van der Waals surface area contributed by atoms with E-state index >= 15 is 0 Å². The highest BCUT2D eigenvalue weighted by Gasteiger charge is 2.40. The van der Waals surface area contributed by atoms with Crippen LogP contribution in [0.25, 0.3) is 0 Å². The second kappa shape index (κ2) is 2.73. The van der Waals surface area contributed by atoms with E-state index in [4.69, 9.17) is 15.8 Å². The lowest BCUT2D eigenvalue weighted by Gasteiger charge is -1.92. The molecule has 0 amide bonds. The molecule has 1 aliphatic heterocycles. The molecule has 0 aromatic heterocycles. The van der Waals surface area contributed by atoms with Crippen molar-refractivity contribution in [1.82, 2.24) is 0 Å². The van der Waals surface area contributed by atoms with E-state index in [0.717, 1.165) is 0 Å². The zero-order valence-corrected chi connectivity index (χ0v) is 5.35. The molecule has 0 aromatic carbocycles. The normalized spacial score (nSPS) is 20.6. The van der Waals surface area contributed by atoms with Crippen LogP contribution in [0.1, 0.15) is 0 Å². The molecule has 5 nitrogen and oxygen atoms in total. The molecular weight excluding hydrogens is 143 g/mol. The lowest BCUT2D eigenvalue weighted by molar-refractivity contribution is 0.367. The maximum Gasteiger partial charge on any atom is 0.528 e. The number of hydrogen-bond donors (Lipinski definition) is 0. The quantitative estimate of drug-likeness (QED) is 0.441. The van der Waals surface area contributed by atoms with Crippen molar-refractivity contribution in [3.8, 4) is 18.1 Å². The average molecular weight is 144 g/mol. The molecule has 6 heteroatoms. The van der Waals surface area contributed by atoms with Crippen LogP contribution in [0.4, 0.5) is 0 Å². The van der Waals surface area contributed by atoms with Gasteiger partial charge in [0.2, 0.25) is 0 Å². The van der Waals surface area contributed by atoms with Gasteiger partial charge in [-0.15, -0.1) is 0 Å². The van der Waals surface area contributed by atoms with Gasteiger partial charge in [-0.3, -0.25) is 0 Å². The van der Waals surface area contributed by atoms with E-state index in [9.17, 15) is 0 Å². The van der Waals surface area contributed by atoms with E-state index in [1.807, 2.05) is 0 Å². The first kappa shape index (κ1) is 7.12. The highest BCUT2D eigenvalue weighted by atomic mass is 16.6. The van der Waals surface area contributed by atoms with Crippen molar-refractivity contribution < 1.29 is 4.76 Å². The molecule has 0 saturated carbocycles. The summed E-state index contributed by atoms with van der Waals surface area (Å²) in [6.45, 7) is -0.922. The number of hydrogen-bond acceptors (Lipinski definition) is 5. The van der Waals surface area contributed by atoms with Crippen LogP contribution in [0.15, 0.2) is 5.16 Å². The number of rotatable bonds is 0. The van der Waals surface area contributed by atoms with E-state index in [-0.39, 0.29) is 5.71 Å². The molecule has 0 fully saturated rings. The summed E-state index contributed by atoms with van der Waals surface area (Å²) in [6, 6.07) is 3.45. The first-order chi connectivity index (χ1) is 5.33. The molecule has 1 heterocycles. The molecule has 0 bridgehead atoms. The largest absolute Gasteiger partial charge is 0.528 e. The smallest absolute Gasteiger partial charge is 0.447 e. The first-order valence-corrected chi connectivity index (χ1v) is 2.76. The Hall–Kier alpha value is -2.00. The van der Waals surface area contributed by atoms with Gasteiger partial charge in [0.1, 0.15) is 11.9 Å². The van der Waals surface area contributed by atoms with Crippen molar-refractivity contribution >= 4 is 12.6 Å². The Morgan fingerprint density at radius 3 is 2.64 bits per heavy atom. The SMILES string of the molecule is N#CB1ON=C(C#N)C1C#N. The third-order valence-corrected chi connectivity index (χ3v) is 1.24. The summed E-state index contributed by atoms with van der Waals surface area (Å²) in [5, 5.41) is 28.5. The Bertz CT molecular complexity index is 317. The highest BCUT2D eigenvalue weighted by Crippen LogP contribution is 2.18. The van der Waals surface area contributed by atoms with E-state index in [2.05, 4.69) is 9.91 Å². The average Bonchev–Trinajstić information content (AvgIpc) is 2.45. The fourth-order valence-corrected chi connectivity index (χ4v) is 0.691. The monoisotopic (exact) mass is 144 g/mol. The molecule has 50 valence electrons. The maximum atomic E-state index is 8.46. The van der Waals surface area contributed by atoms with Crippen LogP contribution in [0, 0.1) is 33.9 Å². The van der Waals surface area contributed by atoms with Gasteiger partial charge < -0.3 is 4.76 Å². The molecule has 0 N–H and O–H groups in total. The summed E-state index contributed by atoms with van der Waals surface area (Å²) < 4.78 is 4.49. The fraction of sp³-hybridized carbons (Fsp3) is 0.200. The van der Waals surface area contributed by atoms with Gasteiger partial charge in [-0.05, 0) is 0 Å². The maximum absolute atomic E-state index is 8.46. The molecule has 0 aromatic rings. The summed E-state index contributed by atoms with van der Waals surface area (Å²) >= 11 is 0. The van der Waals surface area contributed by atoms with Crippen LogP contribution in [0.5, 0.6) is 0 Å². The van der Waals surface area contributed by atoms with Gasteiger partial charge in [-0.1, -0.05) is 5.16 Å². The molecule has 1 unspecified atom stereocenters. The van der Waals surface area contributed by atoms with Crippen molar-refractivity contribution in [3.05, 3.63) is 0 Å². The predicted molar refractivity (Wildman–Crippen MR) is 34.9 cm³/mol. The van der Waals surface area contributed by atoms with Crippen molar-refractivity contribution in [2.75, 3.05) is 0 Å². The fourth-order valence-electron chi connectivity index (χ4n) is 0.691. The minimum atomic E-state index is -0.922. The van der Waals surface area contributed by atoms with E-state index in [1.165, 1.54) is 0 Å². The second-order valence-electron chi connectivity index (χ2n) is 1.85. The van der Waals surface area contributed by atoms with Gasteiger partial charge >= 0.3 is 6.92 Å². The van der Waals surface area contributed by atoms with Crippen LogP contribution >= 0.6 is 0 Å². The minimum Gasteiger partial charge on any atom is -0.447 e. The molecule has 0 radical (unpaired) electrons. The van der Waals surface area contributed by atoms with Crippen LogP contribution < -0.4 is 0 Å². The van der Waals surface area contributed by atoms with Gasteiger partial charge in [0, 0.05) is 0 Å². The van der Waals surface area contributed by atoms with Gasteiger partial charge in [-0.25, -0.2) is 5.26 Å². The lowest BCUT2D eigenvalue weighted by atomic mass is 9.57. The molecule has 0 saturated heterocycles. The molecule has 0 spiro atoms. The number of oxime groups is 1. The first-order valence-electron chi connectivity index (χ1n) is 2.76. The summed E-state index contributed by atoms with van der Waals surface area (Å²) in [4.78, 5) is 0. The predicted octanol–water partition coefficient (Wildman–Crippen LogP) is -0.156. The highest BCUT2D eigenvalue weighted by molar-refractivity contribution is 6.69. The number of nitrogens with zero attached hydrogens (tertiary/aromatic N) is 4. The molecule has 1 atom stereocenters. The summed E-state index contributed by atoms with van der Waals surface area (Å²) in [7, 11) is 0. The van der Waals surface area contributed by atoms with Crippen LogP contribution in [0.3, 0.4) is 0 Å². The Morgan fingerprint density at radius 2 is 2.18 bits per heavy atom. The van der Waals surface area contributed by atoms with Gasteiger partial charge in [0.15, 0.2) is 5.71 Å². The second-order valence-corrected chi connectivity index (χ2v) is 1.85. The Morgan fingerprint density at radius 1 is 1.45 bits per heavy atom. The molecule has 1 aliphatic rings. The number of nitriles is 3. The zero-order valence-electron chi connectivity index (χ0n) is 5.35. The molecule has 1 rings (SSSR count). The van der Waals surface area contributed by atoms with Gasteiger partial charge in [0.25, 0.3) is 0 Å². The Balaban J connectivity index is 2.87. The molecule has 11 heavy (non-hydrogen) atoms. The van der Waals surface area contributed by atoms with Crippen LogP contribution in [-0.2, 0) is 4.76 Å². The summed E-state index contributed by atoms with van der Waals surface area (Å²) in [6.07, 6.45) is 0. The van der Waals surface area contributed by atoms with Crippen molar-refractivity contribution in [2.45, 2.75) is 5.82 Å². The van der Waals surface area contributed by atoms with Gasteiger partial charge in [-0.2, -0.15) is 10.5 Å².